The first-order chi connectivity index (χ1) is 10.7. The van der Waals surface area contributed by atoms with E-state index in [1.165, 1.54) is 0 Å². The second-order valence-corrected chi connectivity index (χ2v) is 5.18. The van der Waals surface area contributed by atoms with Gasteiger partial charge in [0, 0.05) is 26.2 Å². The van der Waals surface area contributed by atoms with Gasteiger partial charge in [-0.25, -0.2) is 9.79 Å². The van der Waals surface area contributed by atoms with E-state index in [9.17, 15) is 9.59 Å². The quantitative estimate of drug-likeness (QED) is 0.719. The minimum atomic E-state index is -0.352. The maximum Gasteiger partial charge on any atom is 0.409 e. The van der Waals surface area contributed by atoms with Gasteiger partial charge in [-0.2, -0.15) is 4.99 Å². The lowest BCUT2D eigenvalue weighted by Gasteiger charge is -2.35. The molecule has 3 rings (SSSR count). The summed E-state index contributed by atoms with van der Waals surface area (Å²) in [6.07, 6.45) is 7.05. The molecule has 22 heavy (non-hydrogen) atoms. The van der Waals surface area contributed by atoms with Crippen LogP contribution in [-0.2, 0) is 9.53 Å². The molecule has 2 amide bonds. The van der Waals surface area contributed by atoms with Crippen LogP contribution in [0.15, 0.2) is 34.3 Å². The van der Waals surface area contributed by atoms with E-state index in [1.807, 2.05) is 23.1 Å². The molecule has 2 aliphatic heterocycles. The summed E-state index contributed by atoms with van der Waals surface area (Å²) in [6, 6.07) is 0. The number of fused-ring (bicyclic) bond motifs is 1. The van der Waals surface area contributed by atoms with Gasteiger partial charge in [-0.1, -0.05) is 18.2 Å². The molecule has 0 bridgehead atoms. The molecular weight excluding hydrogens is 284 g/mol. The molecule has 1 fully saturated rings. The minimum absolute atomic E-state index is 0.187. The van der Waals surface area contributed by atoms with E-state index in [0.29, 0.717) is 38.7 Å². The molecule has 0 N–H and O–H groups in total. The highest BCUT2D eigenvalue weighted by Gasteiger charge is 2.30. The molecule has 0 saturated carbocycles. The Balaban J connectivity index is 1.66. The van der Waals surface area contributed by atoms with E-state index >= 15 is 0 Å². The molecule has 1 saturated heterocycles. The second-order valence-electron chi connectivity index (χ2n) is 5.18. The van der Waals surface area contributed by atoms with Gasteiger partial charge in [-0.05, 0) is 13.0 Å². The summed E-state index contributed by atoms with van der Waals surface area (Å²) >= 11 is 0. The number of allylic oxidation sites excluding steroid dienone is 3. The largest absolute Gasteiger partial charge is 0.450 e. The van der Waals surface area contributed by atoms with Crippen molar-refractivity contribution >= 4 is 23.7 Å². The standard InChI is InChI=1S/C15H18N4O3/c1-2-22-15(21)19-9-7-18(8-10-19)14-16-12-6-4-3-5-11(12)13(20)17-14/h3-6,11H,2,7-10H2,1H3. The van der Waals surface area contributed by atoms with Crippen molar-refractivity contribution in [3.05, 3.63) is 24.3 Å². The molecule has 7 heteroatoms. The van der Waals surface area contributed by atoms with Crippen molar-refractivity contribution in [2.75, 3.05) is 32.8 Å². The monoisotopic (exact) mass is 302 g/mol. The number of amides is 2. The number of carbonyl (C=O) groups is 2. The van der Waals surface area contributed by atoms with Crippen molar-refractivity contribution in [2.45, 2.75) is 6.92 Å². The van der Waals surface area contributed by atoms with Gasteiger partial charge >= 0.3 is 6.09 Å². The SMILES string of the molecule is CCOC(=O)N1CCN(C2=NC(=O)C3C=CC=CC3=N2)CC1. The Morgan fingerprint density at radius 3 is 2.77 bits per heavy atom. The number of hydrogen-bond acceptors (Lipinski definition) is 5. The summed E-state index contributed by atoms with van der Waals surface area (Å²) in [7, 11) is 0. The fraction of sp³-hybridized carbons (Fsp3) is 0.467. The van der Waals surface area contributed by atoms with Crippen LogP contribution in [-0.4, -0.2) is 66.3 Å². The predicted molar refractivity (Wildman–Crippen MR) is 81.8 cm³/mol. The van der Waals surface area contributed by atoms with Crippen LogP contribution in [0.1, 0.15) is 6.92 Å². The van der Waals surface area contributed by atoms with Crippen LogP contribution in [0.2, 0.25) is 0 Å². The predicted octanol–water partition coefficient (Wildman–Crippen LogP) is 0.840. The Morgan fingerprint density at radius 1 is 1.27 bits per heavy atom. The lowest BCUT2D eigenvalue weighted by molar-refractivity contribution is -0.118. The van der Waals surface area contributed by atoms with Crippen molar-refractivity contribution < 1.29 is 14.3 Å². The number of ether oxygens (including phenoxy) is 1. The molecular formula is C15H18N4O3. The van der Waals surface area contributed by atoms with Crippen LogP contribution in [0.5, 0.6) is 0 Å². The normalized spacial score (nSPS) is 23.9. The highest BCUT2D eigenvalue weighted by molar-refractivity contribution is 6.20. The number of hydrogen-bond donors (Lipinski definition) is 0. The summed E-state index contributed by atoms with van der Waals surface area (Å²) in [5.41, 5.74) is 0.727. The third-order valence-electron chi connectivity index (χ3n) is 3.79. The summed E-state index contributed by atoms with van der Waals surface area (Å²) < 4.78 is 4.99. The van der Waals surface area contributed by atoms with Gasteiger partial charge in [0.25, 0.3) is 5.91 Å². The molecule has 0 aromatic heterocycles. The van der Waals surface area contributed by atoms with Gasteiger partial charge in [-0.15, -0.1) is 0 Å². The van der Waals surface area contributed by atoms with Crippen molar-refractivity contribution in [1.82, 2.24) is 9.80 Å². The molecule has 7 nitrogen and oxygen atoms in total. The molecule has 0 radical (unpaired) electrons. The topological polar surface area (TPSA) is 74.6 Å². The van der Waals surface area contributed by atoms with E-state index in [-0.39, 0.29) is 17.9 Å². The molecule has 116 valence electrons. The fourth-order valence-electron chi connectivity index (χ4n) is 2.60. The van der Waals surface area contributed by atoms with Crippen molar-refractivity contribution in [1.29, 1.82) is 0 Å². The molecule has 2 heterocycles. The molecule has 1 aliphatic carbocycles. The first-order valence-corrected chi connectivity index (χ1v) is 7.41. The Hall–Kier alpha value is -2.44. The van der Waals surface area contributed by atoms with Gasteiger partial charge < -0.3 is 14.5 Å². The van der Waals surface area contributed by atoms with E-state index < -0.39 is 0 Å². The van der Waals surface area contributed by atoms with E-state index in [4.69, 9.17) is 4.74 Å². The second kappa shape index (κ2) is 6.13. The molecule has 1 atom stereocenters. The highest BCUT2D eigenvalue weighted by Crippen LogP contribution is 2.18. The van der Waals surface area contributed by atoms with Gasteiger partial charge in [0.2, 0.25) is 5.96 Å². The molecule has 0 aromatic carbocycles. The van der Waals surface area contributed by atoms with Crippen LogP contribution in [0.25, 0.3) is 0 Å². The Bertz CT molecular complexity index is 598. The zero-order valence-corrected chi connectivity index (χ0v) is 12.4. The van der Waals surface area contributed by atoms with Crippen LogP contribution in [0.3, 0.4) is 0 Å². The lowest BCUT2D eigenvalue weighted by Crippen LogP contribution is -2.51. The minimum Gasteiger partial charge on any atom is -0.450 e. The smallest absolute Gasteiger partial charge is 0.409 e. The Morgan fingerprint density at radius 2 is 2.05 bits per heavy atom. The van der Waals surface area contributed by atoms with Crippen LogP contribution < -0.4 is 0 Å². The van der Waals surface area contributed by atoms with Gasteiger partial charge in [0.05, 0.1) is 12.3 Å². The number of piperazine rings is 1. The van der Waals surface area contributed by atoms with Gasteiger partial charge in [-0.3, -0.25) is 4.79 Å². The number of aliphatic imine (C=N–C) groups is 2. The summed E-state index contributed by atoms with van der Waals surface area (Å²) in [6.45, 7) is 4.41. The zero-order chi connectivity index (χ0) is 15.5. The van der Waals surface area contributed by atoms with E-state index in [0.717, 1.165) is 5.71 Å². The first-order valence-electron chi connectivity index (χ1n) is 7.41. The zero-order valence-electron chi connectivity index (χ0n) is 12.4. The Kier molecular flexibility index (Phi) is 4.04. The number of nitrogens with zero attached hydrogens (tertiary/aromatic N) is 4. The summed E-state index contributed by atoms with van der Waals surface area (Å²) in [5.74, 6) is -0.0947. The van der Waals surface area contributed by atoms with Gasteiger partial charge in [0.1, 0.15) is 5.92 Å². The van der Waals surface area contributed by atoms with Crippen LogP contribution in [0, 0.1) is 5.92 Å². The van der Waals surface area contributed by atoms with Crippen LogP contribution >= 0.6 is 0 Å². The number of guanidine groups is 1. The number of carbonyl (C=O) groups excluding carboxylic acids is 2. The van der Waals surface area contributed by atoms with Crippen molar-refractivity contribution in [3.63, 3.8) is 0 Å². The van der Waals surface area contributed by atoms with Crippen molar-refractivity contribution in [3.8, 4) is 0 Å². The maximum absolute atomic E-state index is 12.1. The van der Waals surface area contributed by atoms with E-state index in [2.05, 4.69) is 9.98 Å². The molecule has 0 aromatic rings. The summed E-state index contributed by atoms with van der Waals surface area (Å²) in [5, 5.41) is 0. The highest BCUT2D eigenvalue weighted by atomic mass is 16.6. The third-order valence-corrected chi connectivity index (χ3v) is 3.79. The molecule has 3 aliphatic rings. The van der Waals surface area contributed by atoms with Gasteiger partial charge in [0.15, 0.2) is 0 Å². The molecule has 0 spiro atoms. The Labute approximate surface area is 128 Å². The number of rotatable bonds is 1. The average Bonchev–Trinajstić information content (AvgIpc) is 2.55. The fourth-order valence-corrected chi connectivity index (χ4v) is 2.60. The summed E-state index contributed by atoms with van der Waals surface area (Å²) in [4.78, 5) is 35.9. The lowest BCUT2D eigenvalue weighted by atomic mass is 9.97. The third kappa shape index (κ3) is 2.79. The van der Waals surface area contributed by atoms with Crippen molar-refractivity contribution in [2.24, 2.45) is 15.9 Å². The average molecular weight is 302 g/mol. The van der Waals surface area contributed by atoms with E-state index in [1.54, 1.807) is 17.9 Å². The first kappa shape index (κ1) is 14.5. The molecule has 1 unspecified atom stereocenters. The maximum atomic E-state index is 12.1. The van der Waals surface area contributed by atoms with Crippen LogP contribution in [0.4, 0.5) is 4.79 Å².